The summed E-state index contributed by atoms with van der Waals surface area (Å²) in [6, 6.07) is 70.1. The molecule has 19 aromatic rings. The minimum Gasteiger partial charge on any atom is -0.492 e. The highest BCUT2D eigenvalue weighted by Crippen LogP contribution is 2.58. The molecule has 3 aliphatic carbocycles. The van der Waals surface area contributed by atoms with E-state index in [0.29, 0.717) is 35.1 Å². The Balaban J connectivity index is 0.000000105. The number of hydrogen-bond donors (Lipinski definition) is 6. The van der Waals surface area contributed by atoms with Crippen LogP contribution >= 0.6 is 0 Å². The van der Waals surface area contributed by atoms with Gasteiger partial charge in [0.25, 0.3) is 0 Å². The van der Waals surface area contributed by atoms with Crippen molar-refractivity contribution in [3.63, 3.8) is 0 Å². The number of fused-ring (bicyclic) bond motifs is 10. The van der Waals surface area contributed by atoms with Crippen LogP contribution in [0.2, 0.25) is 0 Å². The van der Waals surface area contributed by atoms with Gasteiger partial charge in [-0.1, -0.05) is 75.4 Å². The standard InChI is InChI=1S/C26H27N5O2.C25H26N4O3.C22H19N5O.C22H16N4O3.C21H21N5/c1-2-8-27-22(6-1)26-25(24-7-4-10-31(24)29-26)21-17-19(18-23-20(21)5-3-9-28-23)33-16-13-30-11-14-32-15-12-30;1-15-3-2-4-17(27-15)21-20(16-5-6-18-19(13-16)32-14-31-18)28-23(29-21)25-10-7-24(8-11-25,9-12-25)22(26)30;1-13-4-2-5-18(25-13)21-20(19-6-3-11-27(19)26-21)15-9-10-24-17-8-7-14(22(23)28)12-16(15)17;23-21(27)13-4-6-14(7-5-13)22-25-19(20(26-22)16-3-1-2-10-24-16)15-8-9-17-18(11-15)29-12-28-17;1-13-6-5-7-16(24-13)19-18(25-20(26-19)21(2,3)4)14-8-9-15-17(12-14)23-11-10-22-15/h1-3,5-6,8-9,17-18H,4,7,10-16H2;2-6,13H,7-12,14H2,1H3,(H2,26,30)(H,28,29);2,4-5,7-10,12H,3,6,11H2,1H3,(H2,23,28);1-11H,12H2,(H2,23,27)(H,25,26);5-12H,1-4H3,(H,25,26). The molecular formula is C116H109N23O9. The number of hydrogen-bond acceptors (Lipinski definition) is 24. The van der Waals surface area contributed by atoms with Crippen molar-refractivity contribution in [2.75, 3.05) is 53.0 Å². The molecule has 0 unspecified atom stereocenters. The van der Waals surface area contributed by atoms with E-state index in [1.807, 2.05) is 221 Å². The van der Waals surface area contributed by atoms with Gasteiger partial charge in [-0.25, -0.2) is 15.0 Å². The average molecular weight is 1970 g/mol. The van der Waals surface area contributed by atoms with Crippen LogP contribution in [0.25, 0.3) is 157 Å². The number of morpholine rings is 1. The topological polar surface area (TPSA) is 426 Å². The summed E-state index contributed by atoms with van der Waals surface area (Å²) in [6.07, 6.45) is 20.1. The van der Waals surface area contributed by atoms with Crippen molar-refractivity contribution in [3.8, 4) is 153 Å². The Hall–Kier alpha value is -17.4. The van der Waals surface area contributed by atoms with E-state index >= 15 is 0 Å². The maximum Gasteiger partial charge on any atom is 0.248 e. The Morgan fingerprint density at radius 3 is 1.56 bits per heavy atom. The number of nitrogens with zero attached hydrogens (tertiary/aromatic N) is 17. The van der Waals surface area contributed by atoms with Gasteiger partial charge < -0.3 is 60.6 Å². The van der Waals surface area contributed by atoms with E-state index in [-0.39, 0.29) is 35.7 Å². The van der Waals surface area contributed by atoms with Crippen LogP contribution in [0.15, 0.2) is 256 Å². The number of primary amides is 3. The van der Waals surface area contributed by atoms with Gasteiger partial charge in [-0.3, -0.25) is 73.5 Å². The lowest BCUT2D eigenvalue weighted by Gasteiger charge is -2.51. The summed E-state index contributed by atoms with van der Waals surface area (Å²) < 4.78 is 38.0. The first-order chi connectivity index (χ1) is 72.1. The predicted octanol–water partition coefficient (Wildman–Crippen LogP) is 19.9. The van der Waals surface area contributed by atoms with Gasteiger partial charge in [-0.2, -0.15) is 10.2 Å². The lowest BCUT2D eigenvalue weighted by Crippen LogP contribution is -2.50. The van der Waals surface area contributed by atoms with E-state index in [2.05, 4.69) is 97.0 Å². The van der Waals surface area contributed by atoms with E-state index in [4.69, 9.17) is 80.7 Å². The van der Waals surface area contributed by atoms with Crippen molar-refractivity contribution < 1.29 is 42.8 Å². The molecule has 4 fully saturated rings. The van der Waals surface area contributed by atoms with E-state index in [0.717, 1.165) is 307 Å². The number of nitrogens with two attached hydrogens (primary N) is 3. The van der Waals surface area contributed by atoms with Crippen LogP contribution in [-0.4, -0.2) is 170 Å². The third-order valence-corrected chi connectivity index (χ3v) is 28.5. The van der Waals surface area contributed by atoms with E-state index in [9.17, 15) is 14.4 Å². The third kappa shape index (κ3) is 19.5. The van der Waals surface area contributed by atoms with Gasteiger partial charge in [-0.05, 0) is 254 Å². The van der Waals surface area contributed by atoms with Gasteiger partial charge in [0.05, 0.1) is 97.9 Å². The van der Waals surface area contributed by atoms with Crippen molar-refractivity contribution >= 4 is 50.6 Å². The zero-order chi connectivity index (χ0) is 101. The molecule has 6 aromatic carbocycles. The van der Waals surface area contributed by atoms with Crippen LogP contribution in [-0.2, 0) is 46.3 Å². The number of amides is 3. The van der Waals surface area contributed by atoms with Crippen LogP contribution in [0.5, 0.6) is 28.7 Å². The molecule has 18 heterocycles. The summed E-state index contributed by atoms with van der Waals surface area (Å²) in [4.78, 5) is 104. The molecule has 0 atom stereocenters. The normalized spacial score (nSPS) is 16.1. The number of nitrogens with one attached hydrogen (secondary N) is 3. The highest BCUT2D eigenvalue weighted by atomic mass is 16.7. The monoisotopic (exact) mass is 1970 g/mol. The van der Waals surface area contributed by atoms with Gasteiger partial charge in [0.2, 0.25) is 31.3 Å². The summed E-state index contributed by atoms with van der Waals surface area (Å²) in [6.45, 7) is 19.8. The first-order valence-corrected chi connectivity index (χ1v) is 49.9. The smallest absolute Gasteiger partial charge is 0.248 e. The van der Waals surface area contributed by atoms with Crippen LogP contribution < -0.4 is 40.9 Å². The SMILES string of the molecule is Cc1cccc(-c2[nH]c(C(C)(C)C)nc2-c2ccc3nccnc3c2)n1.Cc1cccc(-c2[nH]c(C34CCC(C(N)=O)(CC3)CC4)nc2-c2ccc3c(c2)OCO3)n1.Cc1cccc(-c2nn3c(c2-c2ccnc4ccc(C(N)=O)cc24)CCC3)n1.NC(=O)c1ccc(-c2nc(-c3ccc4c(c3)OCO4)c(-c3ccccn3)[nH]2)cc1.c1ccc(-c2nn3c(c2-c2cc(OCCN4CCOCC4)cc4ncccc24)CCC3)nc1. The number of aromatic amines is 3. The number of imidazole rings is 3. The molecule has 0 spiro atoms. The lowest BCUT2D eigenvalue weighted by molar-refractivity contribution is -0.134. The maximum absolute atomic E-state index is 12.1. The van der Waals surface area contributed by atoms with Crippen molar-refractivity contribution in [2.24, 2.45) is 22.6 Å². The van der Waals surface area contributed by atoms with Crippen LogP contribution in [0.3, 0.4) is 0 Å². The molecule has 32 nitrogen and oxygen atoms in total. The quantitative estimate of drug-likeness (QED) is 0.0438. The molecule has 1 saturated heterocycles. The Morgan fingerprint density at radius 2 is 0.939 bits per heavy atom. The third-order valence-electron chi connectivity index (χ3n) is 28.5. The summed E-state index contributed by atoms with van der Waals surface area (Å²) in [7, 11) is 0. The van der Waals surface area contributed by atoms with Crippen molar-refractivity contribution in [2.45, 2.75) is 130 Å². The van der Waals surface area contributed by atoms with Crippen molar-refractivity contribution in [3.05, 3.63) is 307 Å². The van der Waals surface area contributed by atoms with Gasteiger partial charge >= 0.3 is 0 Å². The largest absolute Gasteiger partial charge is 0.492 e. The second-order valence-electron chi connectivity index (χ2n) is 39.2. The molecule has 0 radical (unpaired) electrons. The molecule has 8 aliphatic rings. The lowest BCUT2D eigenvalue weighted by atomic mass is 9.53. The number of ether oxygens (including phenoxy) is 6. The molecule has 32 heteroatoms. The zero-order valence-electron chi connectivity index (χ0n) is 82.9. The Morgan fingerprint density at radius 1 is 0.412 bits per heavy atom. The van der Waals surface area contributed by atoms with Gasteiger partial charge in [-0.15, -0.1) is 0 Å². The number of rotatable bonds is 19. The fourth-order valence-corrected chi connectivity index (χ4v) is 20.7. The minimum atomic E-state index is -0.466. The number of carbonyl (C=O) groups is 3. The summed E-state index contributed by atoms with van der Waals surface area (Å²) >= 11 is 0. The zero-order valence-corrected chi connectivity index (χ0v) is 82.9. The Labute approximate surface area is 852 Å². The fourth-order valence-electron chi connectivity index (χ4n) is 20.7. The molecule has 2 bridgehead atoms. The molecule has 742 valence electrons. The van der Waals surface area contributed by atoms with Crippen molar-refractivity contribution in [1.82, 2.24) is 99.2 Å². The molecular weight excluding hydrogens is 1860 g/mol. The van der Waals surface area contributed by atoms with E-state index in [1.54, 1.807) is 43.0 Å². The van der Waals surface area contributed by atoms with Crippen LogP contribution in [0.4, 0.5) is 0 Å². The summed E-state index contributed by atoms with van der Waals surface area (Å²) in [5, 5.41) is 11.9. The second kappa shape index (κ2) is 40.7. The minimum absolute atomic E-state index is 0.0512. The summed E-state index contributed by atoms with van der Waals surface area (Å²) in [5.41, 5.74) is 45.2. The number of carbonyl (C=O) groups excluding carboxylic acids is 3. The molecule has 3 saturated carbocycles. The highest BCUT2D eigenvalue weighted by Gasteiger charge is 2.54. The number of aromatic nitrogens is 19. The predicted molar refractivity (Wildman–Crippen MR) is 565 cm³/mol. The molecule has 9 N–H and O–H groups in total. The fraction of sp³-hybridized carbons (Fsp3) is 0.250. The molecule has 13 aromatic heterocycles. The van der Waals surface area contributed by atoms with Crippen LogP contribution in [0.1, 0.15) is 133 Å². The second-order valence-corrected chi connectivity index (χ2v) is 39.2. The average Bonchev–Trinajstić information content (AvgIpc) is 1.49. The number of benzene rings is 6. The first kappa shape index (κ1) is 95.5. The Bertz CT molecular complexity index is 8220. The number of aryl methyl sites for hydroxylation is 5. The van der Waals surface area contributed by atoms with Gasteiger partial charge in [0.1, 0.15) is 41.2 Å². The van der Waals surface area contributed by atoms with Gasteiger partial charge in [0.15, 0.2) is 23.0 Å². The molecule has 5 aliphatic heterocycles. The number of H-pyrrole nitrogens is 3. The number of pyridine rings is 7. The molecule has 27 rings (SSSR count). The maximum atomic E-state index is 12.1. The van der Waals surface area contributed by atoms with E-state index in [1.165, 1.54) is 11.4 Å². The molecule has 3 amide bonds. The van der Waals surface area contributed by atoms with Gasteiger partial charge in [0, 0.05) is 176 Å². The highest BCUT2D eigenvalue weighted by molar-refractivity contribution is 6.04. The van der Waals surface area contributed by atoms with Crippen LogP contribution in [0, 0.1) is 26.2 Å². The Kier molecular flexibility index (Phi) is 26.2. The van der Waals surface area contributed by atoms with Crippen molar-refractivity contribution in [1.29, 1.82) is 0 Å². The molecule has 148 heavy (non-hydrogen) atoms. The van der Waals surface area contributed by atoms with E-state index < -0.39 is 11.8 Å². The first-order valence-electron chi connectivity index (χ1n) is 49.9. The summed E-state index contributed by atoms with van der Waals surface area (Å²) in [5.74, 6) is 5.25.